The molecule has 3 aromatic heterocycles. The van der Waals surface area contributed by atoms with E-state index in [0.29, 0.717) is 5.69 Å². The van der Waals surface area contributed by atoms with Gasteiger partial charge in [0.1, 0.15) is 11.4 Å². The van der Waals surface area contributed by atoms with Gasteiger partial charge in [-0.15, -0.1) is 0 Å². The molecule has 1 fully saturated rings. The molecular formula is C17H18F4N8. The molecular weight excluding hydrogens is 392 g/mol. The highest BCUT2D eigenvalue weighted by atomic mass is 19.4. The second-order valence-corrected chi connectivity index (χ2v) is 6.83. The molecule has 1 saturated carbocycles. The van der Waals surface area contributed by atoms with Crippen LogP contribution in [0.25, 0.3) is 0 Å². The molecule has 0 radical (unpaired) electrons. The van der Waals surface area contributed by atoms with E-state index in [-0.39, 0.29) is 29.7 Å². The number of hydrogen-bond acceptors (Lipinski definition) is 6. The van der Waals surface area contributed by atoms with Gasteiger partial charge in [0.2, 0.25) is 5.95 Å². The lowest BCUT2D eigenvalue weighted by atomic mass is 9.87. The maximum Gasteiger partial charge on any atom is 0.421 e. The van der Waals surface area contributed by atoms with Crippen LogP contribution in [0.1, 0.15) is 36.2 Å². The van der Waals surface area contributed by atoms with Gasteiger partial charge >= 0.3 is 6.18 Å². The van der Waals surface area contributed by atoms with Gasteiger partial charge in [-0.2, -0.15) is 28.4 Å². The van der Waals surface area contributed by atoms with Crippen molar-refractivity contribution in [2.24, 2.45) is 0 Å². The van der Waals surface area contributed by atoms with Crippen LogP contribution in [0.15, 0.2) is 24.8 Å². The maximum atomic E-state index is 13.1. The third-order valence-corrected chi connectivity index (χ3v) is 5.00. The number of hydrogen-bond donors (Lipinski definition) is 2. The summed E-state index contributed by atoms with van der Waals surface area (Å²) in [6.07, 6.45) is 1.82. The Morgan fingerprint density at radius 3 is 2.48 bits per heavy atom. The minimum Gasteiger partial charge on any atom is -0.372 e. The van der Waals surface area contributed by atoms with Gasteiger partial charge < -0.3 is 10.6 Å². The van der Waals surface area contributed by atoms with Crippen LogP contribution < -0.4 is 10.6 Å². The summed E-state index contributed by atoms with van der Waals surface area (Å²) in [5.74, 6) is -0.649. The van der Waals surface area contributed by atoms with Crippen molar-refractivity contribution in [3.63, 3.8) is 0 Å². The number of alkyl halides is 3. The first-order chi connectivity index (χ1) is 13.8. The van der Waals surface area contributed by atoms with Gasteiger partial charge in [0.15, 0.2) is 5.82 Å². The number of rotatable bonds is 5. The fourth-order valence-electron chi connectivity index (χ4n) is 3.36. The Balaban J connectivity index is 1.47. The first kappa shape index (κ1) is 19.2. The molecule has 12 heteroatoms. The third-order valence-electron chi connectivity index (χ3n) is 5.00. The molecule has 0 unspecified atom stereocenters. The number of aromatic nitrogens is 6. The second kappa shape index (κ2) is 7.01. The number of halogens is 4. The van der Waals surface area contributed by atoms with Crippen LogP contribution >= 0.6 is 0 Å². The quantitative estimate of drug-likeness (QED) is 0.624. The van der Waals surface area contributed by atoms with Crippen molar-refractivity contribution < 1.29 is 17.6 Å². The lowest BCUT2D eigenvalue weighted by molar-refractivity contribution is -0.137. The summed E-state index contributed by atoms with van der Waals surface area (Å²) in [6, 6.07) is 0.241. The van der Waals surface area contributed by atoms with Crippen LogP contribution in [-0.2, 0) is 6.18 Å². The number of nitrogens with zero attached hydrogens (tertiary/aromatic N) is 6. The lowest BCUT2D eigenvalue weighted by Crippen LogP contribution is -2.30. The van der Waals surface area contributed by atoms with E-state index in [1.165, 1.54) is 19.4 Å². The van der Waals surface area contributed by atoms with Crippen LogP contribution in [0.3, 0.4) is 0 Å². The van der Waals surface area contributed by atoms with Gasteiger partial charge in [-0.3, -0.25) is 9.36 Å². The molecule has 0 saturated heterocycles. The predicted octanol–water partition coefficient (Wildman–Crippen LogP) is 3.70. The molecule has 0 bridgehead atoms. The van der Waals surface area contributed by atoms with E-state index in [1.54, 1.807) is 10.9 Å². The topological polar surface area (TPSA) is 85.5 Å². The molecule has 0 aromatic carbocycles. The molecule has 1 aliphatic carbocycles. The molecule has 0 amide bonds. The fourth-order valence-corrected chi connectivity index (χ4v) is 3.36. The zero-order chi connectivity index (χ0) is 20.8. The van der Waals surface area contributed by atoms with Crippen LogP contribution in [0, 0.1) is 12.7 Å². The van der Waals surface area contributed by atoms with Crippen molar-refractivity contribution in [3.05, 3.63) is 41.9 Å². The number of nitrogens with one attached hydrogen (secondary N) is 2. The van der Waals surface area contributed by atoms with E-state index in [9.17, 15) is 17.6 Å². The Bertz CT molecular complexity index is 1020. The van der Waals surface area contributed by atoms with E-state index in [2.05, 4.69) is 30.8 Å². The van der Waals surface area contributed by atoms with Crippen molar-refractivity contribution in [1.29, 1.82) is 0 Å². The van der Waals surface area contributed by atoms with E-state index in [1.807, 2.05) is 11.6 Å². The molecule has 0 aliphatic heterocycles. The molecule has 3 aromatic rings. The van der Waals surface area contributed by atoms with Crippen LogP contribution in [-0.4, -0.2) is 36.6 Å². The second-order valence-electron chi connectivity index (χ2n) is 6.83. The first-order valence-corrected chi connectivity index (χ1v) is 8.89. The maximum absolute atomic E-state index is 13.1. The van der Waals surface area contributed by atoms with Crippen molar-refractivity contribution in [2.75, 3.05) is 17.7 Å². The highest BCUT2D eigenvalue weighted by Crippen LogP contribution is 2.42. The highest BCUT2D eigenvalue weighted by molar-refractivity contribution is 5.58. The van der Waals surface area contributed by atoms with Crippen molar-refractivity contribution in [2.45, 2.75) is 38.0 Å². The summed E-state index contributed by atoms with van der Waals surface area (Å²) in [6.45, 7) is 1.85. The summed E-state index contributed by atoms with van der Waals surface area (Å²) in [5.41, 5.74) is 0.462. The summed E-state index contributed by atoms with van der Waals surface area (Å²) in [4.78, 5) is 7.66. The van der Waals surface area contributed by atoms with Gasteiger partial charge in [0.05, 0.1) is 42.1 Å². The summed E-state index contributed by atoms with van der Waals surface area (Å²) in [5, 5.41) is 13.7. The number of anilines is 3. The van der Waals surface area contributed by atoms with E-state index < -0.39 is 11.7 Å². The zero-order valence-corrected chi connectivity index (χ0v) is 15.6. The minimum absolute atomic E-state index is 0.0310. The predicted molar refractivity (Wildman–Crippen MR) is 96.3 cm³/mol. The minimum atomic E-state index is -4.55. The molecule has 3 heterocycles. The lowest BCUT2D eigenvalue weighted by Gasteiger charge is -2.36. The molecule has 4 rings (SSSR count). The van der Waals surface area contributed by atoms with E-state index >= 15 is 0 Å². The Morgan fingerprint density at radius 1 is 1.10 bits per heavy atom. The monoisotopic (exact) mass is 410 g/mol. The smallest absolute Gasteiger partial charge is 0.372 e. The van der Waals surface area contributed by atoms with Crippen molar-refractivity contribution in [1.82, 2.24) is 29.5 Å². The summed E-state index contributed by atoms with van der Waals surface area (Å²) >= 11 is 0. The van der Waals surface area contributed by atoms with Crippen LogP contribution in [0.2, 0.25) is 0 Å². The van der Waals surface area contributed by atoms with Crippen LogP contribution in [0.5, 0.6) is 0 Å². The average Bonchev–Trinajstić information content (AvgIpc) is 3.20. The van der Waals surface area contributed by atoms with E-state index in [0.717, 1.165) is 24.7 Å². The van der Waals surface area contributed by atoms with Crippen molar-refractivity contribution in [3.8, 4) is 0 Å². The summed E-state index contributed by atoms with van der Waals surface area (Å²) < 4.78 is 55.5. The molecule has 8 nitrogen and oxygen atoms in total. The first-order valence-electron chi connectivity index (χ1n) is 8.89. The Hall–Kier alpha value is -3.18. The Labute approximate surface area is 163 Å². The van der Waals surface area contributed by atoms with Gasteiger partial charge in [0, 0.05) is 13.2 Å². The Morgan fingerprint density at radius 2 is 1.86 bits per heavy atom. The highest BCUT2D eigenvalue weighted by Gasteiger charge is 2.36. The van der Waals surface area contributed by atoms with Gasteiger partial charge in [0.25, 0.3) is 0 Å². The van der Waals surface area contributed by atoms with Gasteiger partial charge in [-0.1, -0.05) is 0 Å². The fraction of sp³-hybridized carbons (Fsp3) is 0.412. The molecule has 1 aliphatic rings. The SMILES string of the molecule is CNc1nc(Nc2cnn(C3CC(n4cc(F)cn4)C3)c2C)ncc1C(F)(F)F. The zero-order valence-electron chi connectivity index (χ0n) is 15.6. The van der Waals surface area contributed by atoms with Crippen molar-refractivity contribution >= 4 is 17.5 Å². The van der Waals surface area contributed by atoms with Gasteiger partial charge in [-0.05, 0) is 19.8 Å². The van der Waals surface area contributed by atoms with Crippen LogP contribution in [0.4, 0.5) is 35.0 Å². The average molecular weight is 410 g/mol. The molecule has 2 N–H and O–H groups in total. The Kier molecular flexibility index (Phi) is 4.63. The molecule has 0 atom stereocenters. The molecule has 29 heavy (non-hydrogen) atoms. The third kappa shape index (κ3) is 3.61. The standard InChI is InChI=1S/C17H18F4N8/c1-9-14(26-16-23-6-13(17(19,20)21)15(22-2)27-16)7-25-29(9)12-3-11(4-12)28-8-10(18)5-24-28/h5-8,11-12H,3-4H2,1-2H3,(H2,22,23,26,27). The molecule has 154 valence electrons. The summed E-state index contributed by atoms with van der Waals surface area (Å²) in [7, 11) is 1.36. The van der Waals surface area contributed by atoms with E-state index in [4.69, 9.17) is 0 Å². The molecule has 0 spiro atoms. The van der Waals surface area contributed by atoms with Gasteiger partial charge in [-0.25, -0.2) is 9.37 Å². The largest absolute Gasteiger partial charge is 0.421 e. The normalized spacial score (nSPS) is 19.1.